The van der Waals surface area contributed by atoms with Crippen LogP contribution in [0.5, 0.6) is 0 Å². The standard InChI is InChI=1S/C7H13NO3/c1-7(2)5-8(6(9)10)3-4-11-7/h3-5H2,1-2H3,(H,9,10)/p-1. The van der Waals surface area contributed by atoms with Crippen molar-refractivity contribution in [2.75, 3.05) is 19.7 Å². The molecule has 1 rings (SSSR count). The van der Waals surface area contributed by atoms with Crippen molar-refractivity contribution in [1.82, 2.24) is 4.90 Å². The van der Waals surface area contributed by atoms with Crippen molar-refractivity contribution >= 4 is 6.09 Å². The maximum atomic E-state index is 10.4. The second-order valence-electron chi connectivity index (χ2n) is 3.30. The molecule has 0 bridgehead atoms. The molecule has 0 aromatic heterocycles. The van der Waals surface area contributed by atoms with Crippen molar-refractivity contribution < 1.29 is 14.6 Å². The molecule has 0 N–H and O–H groups in total. The van der Waals surface area contributed by atoms with Crippen LogP contribution >= 0.6 is 0 Å². The van der Waals surface area contributed by atoms with E-state index < -0.39 is 6.09 Å². The van der Waals surface area contributed by atoms with Gasteiger partial charge in [0.2, 0.25) is 0 Å². The molecule has 1 fully saturated rings. The number of morpholine rings is 1. The molecule has 0 atom stereocenters. The van der Waals surface area contributed by atoms with Crippen LogP contribution < -0.4 is 5.11 Å². The van der Waals surface area contributed by atoms with Crippen LogP contribution in [0.1, 0.15) is 13.8 Å². The second-order valence-corrected chi connectivity index (χ2v) is 3.30. The third kappa shape index (κ3) is 2.08. The topological polar surface area (TPSA) is 52.6 Å². The lowest BCUT2D eigenvalue weighted by Crippen LogP contribution is -2.54. The van der Waals surface area contributed by atoms with E-state index in [0.717, 1.165) is 0 Å². The number of hydrogen-bond donors (Lipinski definition) is 0. The fourth-order valence-electron chi connectivity index (χ4n) is 1.17. The van der Waals surface area contributed by atoms with Crippen molar-refractivity contribution in [3.63, 3.8) is 0 Å². The summed E-state index contributed by atoms with van der Waals surface area (Å²) in [5.41, 5.74) is -0.363. The third-order valence-corrected chi connectivity index (χ3v) is 1.68. The molecule has 4 nitrogen and oxygen atoms in total. The highest BCUT2D eigenvalue weighted by atomic mass is 16.5. The zero-order valence-corrected chi connectivity index (χ0v) is 6.79. The van der Waals surface area contributed by atoms with Gasteiger partial charge in [-0.3, -0.25) is 0 Å². The molecule has 0 aliphatic carbocycles. The summed E-state index contributed by atoms with van der Waals surface area (Å²) in [6, 6.07) is 0. The van der Waals surface area contributed by atoms with Crippen LogP contribution in [0, 0.1) is 0 Å². The zero-order valence-electron chi connectivity index (χ0n) is 6.79. The van der Waals surface area contributed by atoms with Gasteiger partial charge in [-0.15, -0.1) is 0 Å². The van der Waals surface area contributed by atoms with Crippen LogP contribution in [0.3, 0.4) is 0 Å². The summed E-state index contributed by atoms with van der Waals surface area (Å²) in [6.07, 6.45) is -1.11. The summed E-state index contributed by atoms with van der Waals surface area (Å²) in [5.74, 6) is 0. The molecule has 1 aliphatic rings. The van der Waals surface area contributed by atoms with E-state index in [9.17, 15) is 9.90 Å². The number of hydrogen-bond acceptors (Lipinski definition) is 3. The number of carbonyl (C=O) groups excluding carboxylic acids is 1. The van der Waals surface area contributed by atoms with E-state index in [2.05, 4.69) is 0 Å². The van der Waals surface area contributed by atoms with Crippen molar-refractivity contribution in [2.45, 2.75) is 19.4 Å². The minimum absolute atomic E-state index is 0.363. The van der Waals surface area contributed by atoms with Gasteiger partial charge in [0.1, 0.15) is 6.09 Å². The maximum Gasteiger partial charge on any atom is 0.137 e. The zero-order chi connectivity index (χ0) is 8.48. The summed E-state index contributed by atoms with van der Waals surface area (Å²) >= 11 is 0. The average Bonchev–Trinajstić information content (AvgIpc) is 1.85. The van der Waals surface area contributed by atoms with Crippen LogP contribution in [-0.4, -0.2) is 36.3 Å². The molecule has 4 heteroatoms. The molecule has 1 aliphatic heterocycles. The summed E-state index contributed by atoms with van der Waals surface area (Å²) in [7, 11) is 0. The van der Waals surface area contributed by atoms with E-state index >= 15 is 0 Å². The Labute approximate surface area is 65.8 Å². The minimum atomic E-state index is -1.11. The van der Waals surface area contributed by atoms with Gasteiger partial charge in [-0.1, -0.05) is 0 Å². The van der Waals surface area contributed by atoms with Gasteiger partial charge in [0, 0.05) is 13.1 Å². The summed E-state index contributed by atoms with van der Waals surface area (Å²) in [4.78, 5) is 11.7. The first-order valence-corrected chi connectivity index (χ1v) is 3.61. The van der Waals surface area contributed by atoms with Gasteiger partial charge in [0.05, 0.1) is 12.2 Å². The molecule has 64 valence electrons. The van der Waals surface area contributed by atoms with Crippen LogP contribution in [0.4, 0.5) is 4.79 Å². The fraction of sp³-hybridized carbons (Fsp3) is 0.857. The Balaban J connectivity index is 2.53. The molecule has 0 aromatic rings. The first kappa shape index (κ1) is 8.33. The number of ether oxygens (including phenoxy) is 1. The number of rotatable bonds is 0. The van der Waals surface area contributed by atoms with E-state index in [1.54, 1.807) is 0 Å². The van der Waals surface area contributed by atoms with Crippen molar-refractivity contribution in [2.24, 2.45) is 0 Å². The smallest absolute Gasteiger partial charge is 0.137 e. The predicted octanol–water partition coefficient (Wildman–Crippen LogP) is -0.559. The lowest BCUT2D eigenvalue weighted by Gasteiger charge is -2.39. The SMILES string of the molecule is CC1(C)CN(C(=O)[O-])CCO1. The molecular weight excluding hydrogens is 146 g/mol. The molecule has 1 amide bonds. The van der Waals surface area contributed by atoms with Gasteiger partial charge in [-0.05, 0) is 13.8 Å². The Morgan fingerprint density at radius 1 is 1.64 bits per heavy atom. The molecule has 1 saturated heterocycles. The summed E-state index contributed by atoms with van der Waals surface area (Å²) < 4.78 is 5.31. The molecular formula is C7H12NO3-. The van der Waals surface area contributed by atoms with Crippen molar-refractivity contribution in [3.05, 3.63) is 0 Å². The highest BCUT2D eigenvalue weighted by Crippen LogP contribution is 2.15. The molecule has 0 saturated carbocycles. The maximum absolute atomic E-state index is 10.4. The minimum Gasteiger partial charge on any atom is -0.530 e. The monoisotopic (exact) mass is 158 g/mol. The molecule has 11 heavy (non-hydrogen) atoms. The molecule has 0 unspecified atom stereocenters. The Hall–Kier alpha value is -0.770. The Kier molecular flexibility index (Phi) is 2.04. The van der Waals surface area contributed by atoms with Crippen LogP contribution in [0.15, 0.2) is 0 Å². The number of carbonyl (C=O) groups is 1. The van der Waals surface area contributed by atoms with Crippen LogP contribution in [0.25, 0.3) is 0 Å². The number of nitrogens with zero attached hydrogens (tertiary/aromatic N) is 1. The van der Waals surface area contributed by atoms with E-state index in [-0.39, 0.29) is 5.60 Å². The summed E-state index contributed by atoms with van der Waals surface area (Å²) in [6.45, 7) is 5.01. The first-order valence-electron chi connectivity index (χ1n) is 3.61. The predicted molar refractivity (Wildman–Crippen MR) is 37.0 cm³/mol. The Bertz CT molecular complexity index is 167. The van der Waals surface area contributed by atoms with Gasteiger partial charge in [0.25, 0.3) is 0 Å². The average molecular weight is 158 g/mol. The van der Waals surface area contributed by atoms with Gasteiger partial charge >= 0.3 is 0 Å². The Morgan fingerprint density at radius 3 is 2.64 bits per heavy atom. The van der Waals surface area contributed by atoms with Crippen molar-refractivity contribution in [3.8, 4) is 0 Å². The van der Waals surface area contributed by atoms with Crippen LogP contribution in [0.2, 0.25) is 0 Å². The van der Waals surface area contributed by atoms with Crippen LogP contribution in [-0.2, 0) is 4.74 Å². The second kappa shape index (κ2) is 2.70. The van der Waals surface area contributed by atoms with Gasteiger partial charge < -0.3 is 19.5 Å². The third-order valence-electron chi connectivity index (χ3n) is 1.68. The highest BCUT2D eigenvalue weighted by Gasteiger charge is 2.26. The molecule has 0 radical (unpaired) electrons. The largest absolute Gasteiger partial charge is 0.530 e. The van der Waals surface area contributed by atoms with Crippen molar-refractivity contribution in [1.29, 1.82) is 0 Å². The molecule has 0 spiro atoms. The number of carboxylic acid groups (broad SMARTS) is 1. The first-order chi connectivity index (χ1) is 5.01. The quantitative estimate of drug-likeness (QED) is 0.475. The van der Waals surface area contributed by atoms with Gasteiger partial charge in [-0.2, -0.15) is 0 Å². The van der Waals surface area contributed by atoms with E-state index in [4.69, 9.17) is 4.74 Å². The Morgan fingerprint density at radius 2 is 2.27 bits per heavy atom. The van der Waals surface area contributed by atoms with Gasteiger partial charge in [-0.25, -0.2) is 0 Å². The lowest BCUT2D eigenvalue weighted by molar-refractivity contribution is -0.272. The number of amides is 1. The lowest BCUT2D eigenvalue weighted by atomic mass is 10.1. The summed E-state index contributed by atoms with van der Waals surface area (Å²) in [5, 5.41) is 10.4. The molecule has 0 aromatic carbocycles. The van der Waals surface area contributed by atoms with E-state index in [1.807, 2.05) is 13.8 Å². The highest BCUT2D eigenvalue weighted by molar-refractivity contribution is 5.62. The van der Waals surface area contributed by atoms with E-state index in [0.29, 0.717) is 19.7 Å². The van der Waals surface area contributed by atoms with Gasteiger partial charge in [0.15, 0.2) is 0 Å². The molecule has 1 heterocycles. The normalized spacial score (nSPS) is 23.3. The fourth-order valence-corrected chi connectivity index (χ4v) is 1.17. The van der Waals surface area contributed by atoms with E-state index in [1.165, 1.54) is 4.90 Å².